The van der Waals surface area contributed by atoms with E-state index >= 15 is 0 Å². The van der Waals surface area contributed by atoms with Crippen molar-refractivity contribution in [2.75, 3.05) is 11.8 Å². The molecule has 8 heteroatoms. The second-order valence-electron chi connectivity index (χ2n) is 6.60. The van der Waals surface area contributed by atoms with Crippen LogP contribution in [0.15, 0.2) is 71.6 Å². The molecule has 0 spiro atoms. The number of anilines is 1. The lowest BCUT2D eigenvalue weighted by molar-refractivity contribution is 0.0950. The molecular formula is C22H21FN2O4S. The molecule has 0 aromatic heterocycles. The highest BCUT2D eigenvalue weighted by Crippen LogP contribution is 2.27. The van der Waals surface area contributed by atoms with Crippen LogP contribution in [0, 0.1) is 12.7 Å². The van der Waals surface area contributed by atoms with Gasteiger partial charge in [-0.2, -0.15) is 0 Å². The van der Waals surface area contributed by atoms with Crippen LogP contribution in [0.25, 0.3) is 0 Å². The fourth-order valence-electron chi connectivity index (χ4n) is 2.85. The maximum Gasteiger partial charge on any atom is 0.262 e. The van der Waals surface area contributed by atoms with E-state index in [0.717, 1.165) is 5.56 Å². The number of rotatable bonds is 7. The molecule has 156 valence electrons. The standard InChI is InChI=1S/C22H21FN2O4S/c1-15-7-10-17(22(26)24-14-16-8-11-18(23)12-9-16)13-21(15)30(27,28)25-19-5-3-4-6-20(19)29-2/h3-13,25H,14H2,1-2H3,(H,24,26). The fraction of sp³-hybridized carbons (Fsp3) is 0.136. The Kier molecular flexibility index (Phi) is 6.37. The molecule has 0 unspecified atom stereocenters. The van der Waals surface area contributed by atoms with Crippen LogP contribution in [0.5, 0.6) is 5.75 Å². The zero-order valence-corrected chi connectivity index (χ0v) is 17.3. The number of amides is 1. The minimum absolute atomic E-state index is 0.0113. The van der Waals surface area contributed by atoms with E-state index in [9.17, 15) is 17.6 Å². The van der Waals surface area contributed by atoms with Crippen molar-refractivity contribution in [3.05, 3.63) is 89.2 Å². The van der Waals surface area contributed by atoms with Crippen LogP contribution in [0.3, 0.4) is 0 Å². The molecule has 0 aliphatic carbocycles. The molecule has 1 amide bonds. The van der Waals surface area contributed by atoms with Gasteiger partial charge in [-0.3, -0.25) is 9.52 Å². The summed E-state index contributed by atoms with van der Waals surface area (Å²) in [6.07, 6.45) is 0. The monoisotopic (exact) mass is 428 g/mol. The number of methoxy groups -OCH3 is 1. The summed E-state index contributed by atoms with van der Waals surface area (Å²) in [5.41, 5.74) is 1.71. The van der Waals surface area contributed by atoms with Gasteiger partial charge in [0.25, 0.3) is 15.9 Å². The predicted octanol–water partition coefficient (Wildman–Crippen LogP) is 3.87. The van der Waals surface area contributed by atoms with Crippen molar-refractivity contribution in [1.29, 1.82) is 0 Å². The van der Waals surface area contributed by atoms with Crippen molar-refractivity contribution >= 4 is 21.6 Å². The normalized spacial score (nSPS) is 11.0. The predicted molar refractivity (Wildman–Crippen MR) is 113 cm³/mol. The molecule has 0 aliphatic rings. The lowest BCUT2D eigenvalue weighted by Gasteiger charge is -2.14. The summed E-state index contributed by atoms with van der Waals surface area (Å²) in [6, 6.07) is 16.8. The van der Waals surface area contributed by atoms with Crippen LogP contribution >= 0.6 is 0 Å². The van der Waals surface area contributed by atoms with E-state index in [1.54, 1.807) is 55.5 Å². The summed E-state index contributed by atoms with van der Waals surface area (Å²) in [5.74, 6) is -0.416. The van der Waals surface area contributed by atoms with E-state index in [1.165, 1.54) is 25.3 Å². The van der Waals surface area contributed by atoms with Crippen molar-refractivity contribution < 1.29 is 22.3 Å². The molecule has 0 saturated heterocycles. The van der Waals surface area contributed by atoms with Crippen LogP contribution in [0.1, 0.15) is 21.5 Å². The third kappa shape index (κ3) is 4.96. The van der Waals surface area contributed by atoms with Gasteiger partial charge < -0.3 is 10.1 Å². The molecule has 0 atom stereocenters. The van der Waals surface area contributed by atoms with Crippen LogP contribution in [-0.2, 0) is 16.6 Å². The first-order chi connectivity index (χ1) is 14.3. The number of hydrogen-bond acceptors (Lipinski definition) is 4. The van der Waals surface area contributed by atoms with Gasteiger partial charge in [-0.1, -0.05) is 30.3 Å². The molecule has 0 heterocycles. The molecule has 30 heavy (non-hydrogen) atoms. The smallest absolute Gasteiger partial charge is 0.262 e. The van der Waals surface area contributed by atoms with E-state index in [1.807, 2.05) is 0 Å². The second-order valence-corrected chi connectivity index (χ2v) is 8.25. The Hall–Kier alpha value is -3.39. The Bertz CT molecular complexity index is 1160. The minimum Gasteiger partial charge on any atom is -0.495 e. The highest BCUT2D eigenvalue weighted by Gasteiger charge is 2.20. The van der Waals surface area contributed by atoms with E-state index in [2.05, 4.69) is 10.0 Å². The highest BCUT2D eigenvalue weighted by atomic mass is 32.2. The zero-order chi connectivity index (χ0) is 21.7. The quantitative estimate of drug-likeness (QED) is 0.598. The Balaban J connectivity index is 1.81. The number of halogens is 1. The van der Waals surface area contributed by atoms with Crippen molar-refractivity contribution in [1.82, 2.24) is 5.32 Å². The molecule has 6 nitrogen and oxygen atoms in total. The van der Waals surface area contributed by atoms with Crippen LogP contribution in [-0.4, -0.2) is 21.4 Å². The van der Waals surface area contributed by atoms with Gasteiger partial charge in [0.05, 0.1) is 17.7 Å². The minimum atomic E-state index is -3.96. The van der Waals surface area contributed by atoms with Gasteiger partial charge >= 0.3 is 0 Å². The molecule has 0 fully saturated rings. The third-order valence-corrected chi connectivity index (χ3v) is 5.96. The third-order valence-electron chi connectivity index (χ3n) is 4.46. The van der Waals surface area contributed by atoms with Crippen molar-refractivity contribution in [2.45, 2.75) is 18.4 Å². The molecule has 0 aliphatic heterocycles. The summed E-state index contributed by atoms with van der Waals surface area (Å²) in [6.45, 7) is 1.84. The van der Waals surface area contributed by atoms with E-state index in [0.29, 0.717) is 17.0 Å². The number of sulfonamides is 1. The number of carbonyl (C=O) groups excluding carboxylic acids is 1. The lowest BCUT2D eigenvalue weighted by atomic mass is 10.1. The highest BCUT2D eigenvalue weighted by molar-refractivity contribution is 7.92. The van der Waals surface area contributed by atoms with Crippen LogP contribution < -0.4 is 14.8 Å². The average Bonchev–Trinajstić information content (AvgIpc) is 2.73. The summed E-state index contributed by atoms with van der Waals surface area (Å²) < 4.78 is 46.6. The van der Waals surface area contributed by atoms with Gasteiger partial charge in [0.2, 0.25) is 0 Å². The molecular weight excluding hydrogens is 407 g/mol. The number of nitrogens with one attached hydrogen (secondary N) is 2. The number of para-hydroxylation sites is 2. The Morgan fingerprint density at radius 3 is 2.43 bits per heavy atom. The van der Waals surface area contributed by atoms with Crippen molar-refractivity contribution in [2.24, 2.45) is 0 Å². The maximum atomic E-state index is 13.0. The number of benzene rings is 3. The SMILES string of the molecule is COc1ccccc1NS(=O)(=O)c1cc(C(=O)NCc2ccc(F)cc2)ccc1C. The largest absolute Gasteiger partial charge is 0.495 e. The summed E-state index contributed by atoms with van der Waals surface area (Å²) in [7, 11) is -2.51. The van der Waals surface area contributed by atoms with Crippen LogP contribution in [0.2, 0.25) is 0 Å². The second kappa shape index (κ2) is 8.96. The van der Waals surface area contributed by atoms with E-state index < -0.39 is 15.9 Å². The lowest BCUT2D eigenvalue weighted by Crippen LogP contribution is -2.23. The number of carbonyl (C=O) groups is 1. The van der Waals surface area contributed by atoms with Gasteiger partial charge in [0.15, 0.2) is 0 Å². The van der Waals surface area contributed by atoms with Gasteiger partial charge in [0, 0.05) is 12.1 Å². The van der Waals surface area contributed by atoms with Crippen LogP contribution in [0.4, 0.5) is 10.1 Å². The molecule has 3 aromatic rings. The first kappa shape index (κ1) is 21.3. The Labute approximate surface area is 174 Å². The van der Waals surface area contributed by atoms with E-state index in [-0.39, 0.29) is 22.8 Å². The maximum absolute atomic E-state index is 13.0. The topological polar surface area (TPSA) is 84.5 Å². The molecule has 3 aromatic carbocycles. The molecule has 0 radical (unpaired) electrons. The molecule has 0 bridgehead atoms. The van der Waals surface area contributed by atoms with Gasteiger partial charge in [-0.25, -0.2) is 12.8 Å². The average molecular weight is 428 g/mol. The Morgan fingerprint density at radius 2 is 1.73 bits per heavy atom. The number of hydrogen-bond donors (Lipinski definition) is 2. The number of ether oxygens (including phenoxy) is 1. The first-order valence-electron chi connectivity index (χ1n) is 9.09. The van der Waals surface area contributed by atoms with Gasteiger partial charge in [0.1, 0.15) is 11.6 Å². The number of aryl methyl sites for hydroxylation is 1. The molecule has 3 rings (SSSR count). The molecule has 0 saturated carbocycles. The van der Waals surface area contributed by atoms with E-state index in [4.69, 9.17) is 4.74 Å². The fourth-order valence-corrected chi connectivity index (χ4v) is 4.19. The summed E-state index contributed by atoms with van der Waals surface area (Å²) in [4.78, 5) is 12.5. The first-order valence-corrected chi connectivity index (χ1v) is 10.6. The Morgan fingerprint density at radius 1 is 1.03 bits per heavy atom. The summed E-state index contributed by atoms with van der Waals surface area (Å²) >= 11 is 0. The summed E-state index contributed by atoms with van der Waals surface area (Å²) in [5, 5.41) is 2.70. The van der Waals surface area contributed by atoms with Gasteiger partial charge in [-0.15, -0.1) is 0 Å². The van der Waals surface area contributed by atoms with Crippen molar-refractivity contribution in [3.8, 4) is 5.75 Å². The van der Waals surface area contributed by atoms with Gasteiger partial charge in [-0.05, 0) is 54.4 Å². The zero-order valence-electron chi connectivity index (χ0n) is 16.5. The molecule has 2 N–H and O–H groups in total. The van der Waals surface area contributed by atoms with Crippen molar-refractivity contribution in [3.63, 3.8) is 0 Å².